The van der Waals surface area contributed by atoms with Crippen molar-refractivity contribution in [3.8, 4) is 0 Å². The topological polar surface area (TPSA) is 84.2 Å². The third-order valence-electron chi connectivity index (χ3n) is 4.36. The second-order valence-corrected chi connectivity index (χ2v) is 7.35. The summed E-state index contributed by atoms with van der Waals surface area (Å²) in [6, 6.07) is 7.85. The summed E-state index contributed by atoms with van der Waals surface area (Å²) in [4.78, 5) is 23.9. The first kappa shape index (κ1) is 18.8. The molecule has 0 radical (unpaired) electrons. The molecule has 132 valence electrons. The molecular weight excluding hydrogens is 322 g/mol. The Kier molecular flexibility index (Phi) is 7.59. The van der Waals surface area contributed by atoms with Crippen molar-refractivity contribution in [1.29, 1.82) is 0 Å². The van der Waals surface area contributed by atoms with Gasteiger partial charge in [0.15, 0.2) is 0 Å². The first-order valence-electron chi connectivity index (χ1n) is 8.52. The van der Waals surface area contributed by atoms with Crippen molar-refractivity contribution in [1.82, 2.24) is 5.32 Å². The van der Waals surface area contributed by atoms with E-state index in [9.17, 15) is 9.59 Å². The fourth-order valence-electron chi connectivity index (χ4n) is 3.00. The van der Waals surface area contributed by atoms with E-state index >= 15 is 0 Å². The number of amides is 2. The Morgan fingerprint density at radius 3 is 2.50 bits per heavy atom. The molecule has 1 aliphatic carbocycles. The molecule has 5 nitrogen and oxygen atoms in total. The minimum atomic E-state index is -0.0887. The van der Waals surface area contributed by atoms with Crippen LogP contribution in [0.3, 0.4) is 0 Å². The highest BCUT2D eigenvalue weighted by atomic mass is 32.2. The molecule has 2 atom stereocenters. The Bertz CT molecular complexity index is 548. The van der Waals surface area contributed by atoms with E-state index < -0.39 is 0 Å². The molecule has 0 bridgehead atoms. The summed E-state index contributed by atoms with van der Waals surface area (Å²) in [5.74, 6) is 0.863. The molecule has 1 saturated carbocycles. The smallest absolute Gasteiger partial charge is 0.234 e. The van der Waals surface area contributed by atoms with Gasteiger partial charge in [0, 0.05) is 11.7 Å². The number of nitrogens with two attached hydrogens (primary N) is 1. The molecule has 6 heteroatoms. The second-order valence-electron chi connectivity index (χ2n) is 6.36. The predicted molar refractivity (Wildman–Crippen MR) is 100 cm³/mol. The Morgan fingerprint density at radius 1 is 1.12 bits per heavy atom. The zero-order valence-corrected chi connectivity index (χ0v) is 15.0. The van der Waals surface area contributed by atoms with Crippen LogP contribution >= 0.6 is 11.8 Å². The highest BCUT2D eigenvalue weighted by molar-refractivity contribution is 8.00. The van der Waals surface area contributed by atoms with Gasteiger partial charge in [0.1, 0.15) is 0 Å². The molecule has 0 heterocycles. The van der Waals surface area contributed by atoms with Gasteiger partial charge in [-0.15, -0.1) is 11.8 Å². The highest BCUT2D eigenvalue weighted by Gasteiger charge is 2.25. The van der Waals surface area contributed by atoms with E-state index in [2.05, 4.69) is 10.6 Å². The SMILES string of the molecule is Cc1ccc(NC(=O)CSCC(=O)NC2CCCCC2CN)cc1. The number of benzene rings is 1. The molecule has 2 rings (SSSR count). The van der Waals surface area contributed by atoms with E-state index in [4.69, 9.17) is 5.73 Å². The zero-order valence-electron chi connectivity index (χ0n) is 14.2. The Labute approximate surface area is 148 Å². The first-order chi connectivity index (χ1) is 11.6. The van der Waals surface area contributed by atoms with Crippen LogP contribution in [0, 0.1) is 12.8 Å². The molecule has 1 aromatic rings. The monoisotopic (exact) mass is 349 g/mol. The van der Waals surface area contributed by atoms with Crippen molar-refractivity contribution in [3.05, 3.63) is 29.8 Å². The normalized spacial score (nSPS) is 20.4. The van der Waals surface area contributed by atoms with Gasteiger partial charge in [0.2, 0.25) is 11.8 Å². The second kappa shape index (κ2) is 9.69. The largest absolute Gasteiger partial charge is 0.352 e. The van der Waals surface area contributed by atoms with Gasteiger partial charge in [0.25, 0.3) is 0 Å². The lowest BCUT2D eigenvalue weighted by Gasteiger charge is -2.31. The van der Waals surface area contributed by atoms with E-state index in [1.807, 2.05) is 31.2 Å². The number of carbonyl (C=O) groups excluding carboxylic acids is 2. The number of aryl methyl sites for hydroxylation is 1. The van der Waals surface area contributed by atoms with Crippen LogP contribution in [0.1, 0.15) is 31.2 Å². The number of hydrogen-bond donors (Lipinski definition) is 3. The van der Waals surface area contributed by atoms with Crippen molar-refractivity contribution in [2.45, 2.75) is 38.6 Å². The van der Waals surface area contributed by atoms with Crippen LogP contribution in [0.4, 0.5) is 5.69 Å². The van der Waals surface area contributed by atoms with Gasteiger partial charge in [0.05, 0.1) is 11.5 Å². The van der Waals surface area contributed by atoms with Gasteiger partial charge in [-0.2, -0.15) is 0 Å². The molecule has 0 saturated heterocycles. The Hall–Kier alpha value is -1.53. The lowest BCUT2D eigenvalue weighted by molar-refractivity contribution is -0.119. The predicted octanol–water partition coefficient (Wildman–Crippen LogP) is 2.30. The van der Waals surface area contributed by atoms with Gasteiger partial charge in [-0.3, -0.25) is 9.59 Å². The van der Waals surface area contributed by atoms with E-state index in [1.54, 1.807) is 0 Å². The van der Waals surface area contributed by atoms with E-state index in [1.165, 1.54) is 18.2 Å². The summed E-state index contributed by atoms with van der Waals surface area (Å²) in [6.07, 6.45) is 4.44. The molecule has 2 amide bonds. The lowest BCUT2D eigenvalue weighted by atomic mass is 9.84. The van der Waals surface area contributed by atoms with Crippen LogP contribution in [0.5, 0.6) is 0 Å². The summed E-state index contributed by atoms with van der Waals surface area (Å²) in [5.41, 5.74) is 7.71. The van der Waals surface area contributed by atoms with E-state index in [0.29, 0.717) is 18.2 Å². The molecule has 0 aliphatic heterocycles. The first-order valence-corrected chi connectivity index (χ1v) is 9.67. The average molecular weight is 350 g/mol. The molecule has 0 spiro atoms. The minimum absolute atomic E-state index is 0.00603. The maximum atomic E-state index is 12.0. The molecule has 0 aromatic heterocycles. The minimum Gasteiger partial charge on any atom is -0.352 e. The summed E-state index contributed by atoms with van der Waals surface area (Å²) < 4.78 is 0. The Balaban J connectivity index is 1.66. The Morgan fingerprint density at radius 2 is 1.79 bits per heavy atom. The summed E-state index contributed by atoms with van der Waals surface area (Å²) in [5, 5.41) is 5.91. The van der Waals surface area contributed by atoms with Crippen molar-refractivity contribution >= 4 is 29.3 Å². The molecule has 1 aliphatic rings. The number of anilines is 1. The standard InChI is InChI=1S/C18H27N3O2S/c1-13-6-8-15(9-7-13)20-17(22)11-24-12-18(23)21-16-5-3-2-4-14(16)10-19/h6-9,14,16H,2-5,10-12,19H2,1H3,(H,20,22)(H,21,23). The van der Waals surface area contributed by atoms with Crippen molar-refractivity contribution < 1.29 is 9.59 Å². The van der Waals surface area contributed by atoms with Crippen LogP contribution in [0.25, 0.3) is 0 Å². The van der Waals surface area contributed by atoms with Crippen molar-refractivity contribution in [2.75, 3.05) is 23.4 Å². The fraction of sp³-hybridized carbons (Fsp3) is 0.556. The summed E-state index contributed by atoms with van der Waals surface area (Å²) >= 11 is 1.33. The van der Waals surface area contributed by atoms with E-state index in [-0.39, 0.29) is 23.6 Å². The molecule has 2 unspecified atom stereocenters. The molecule has 4 N–H and O–H groups in total. The number of rotatable bonds is 7. The number of thioether (sulfide) groups is 1. The fourth-order valence-corrected chi connectivity index (χ4v) is 3.63. The quantitative estimate of drug-likeness (QED) is 0.705. The average Bonchev–Trinajstić information content (AvgIpc) is 2.57. The lowest BCUT2D eigenvalue weighted by Crippen LogP contribution is -2.45. The summed E-state index contributed by atoms with van der Waals surface area (Å²) in [7, 11) is 0. The number of hydrogen-bond acceptors (Lipinski definition) is 4. The van der Waals surface area contributed by atoms with Crippen LogP contribution < -0.4 is 16.4 Å². The zero-order chi connectivity index (χ0) is 17.4. The van der Waals surface area contributed by atoms with Crippen molar-refractivity contribution in [2.24, 2.45) is 11.7 Å². The van der Waals surface area contributed by atoms with Crippen LogP contribution in [0.2, 0.25) is 0 Å². The van der Waals surface area contributed by atoms with Gasteiger partial charge >= 0.3 is 0 Å². The number of carbonyl (C=O) groups is 2. The van der Waals surface area contributed by atoms with Gasteiger partial charge in [-0.1, -0.05) is 30.5 Å². The van der Waals surface area contributed by atoms with E-state index in [0.717, 1.165) is 30.5 Å². The van der Waals surface area contributed by atoms with Gasteiger partial charge in [-0.25, -0.2) is 0 Å². The highest BCUT2D eigenvalue weighted by Crippen LogP contribution is 2.23. The van der Waals surface area contributed by atoms with Gasteiger partial charge < -0.3 is 16.4 Å². The number of nitrogens with one attached hydrogen (secondary N) is 2. The maximum absolute atomic E-state index is 12.0. The molecule has 1 fully saturated rings. The van der Waals surface area contributed by atoms with Crippen LogP contribution in [0.15, 0.2) is 24.3 Å². The molecule has 1 aromatic carbocycles. The van der Waals surface area contributed by atoms with Gasteiger partial charge in [-0.05, 0) is 44.4 Å². The third kappa shape index (κ3) is 6.17. The van der Waals surface area contributed by atoms with Crippen molar-refractivity contribution in [3.63, 3.8) is 0 Å². The van der Waals surface area contributed by atoms with Crippen LogP contribution in [-0.2, 0) is 9.59 Å². The molecular formula is C18H27N3O2S. The molecule has 24 heavy (non-hydrogen) atoms. The summed E-state index contributed by atoms with van der Waals surface area (Å²) in [6.45, 7) is 2.62. The maximum Gasteiger partial charge on any atom is 0.234 e. The third-order valence-corrected chi connectivity index (χ3v) is 5.29. The van der Waals surface area contributed by atoms with Crippen LogP contribution in [-0.4, -0.2) is 35.9 Å².